The van der Waals surface area contributed by atoms with Gasteiger partial charge in [0.1, 0.15) is 5.82 Å². The van der Waals surface area contributed by atoms with Gasteiger partial charge in [-0.15, -0.1) is 0 Å². The largest absolute Gasteiger partial charge is 0.378 e. The lowest BCUT2D eigenvalue weighted by Crippen LogP contribution is -2.40. The van der Waals surface area contributed by atoms with E-state index in [2.05, 4.69) is 10.3 Å². The molecule has 1 aliphatic rings. The Balaban J connectivity index is 1.75. The highest BCUT2D eigenvalue weighted by molar-refractivity contribution is 6.34. The van der Waals surface area contributed by atoms with E-state index >= 15 is 0 Å². The van der Waals surface area contributed by atoms with E-state index in [1.54, 1.807) is 6.20 Å². The molecule has 27 heavy (non-hydrogen) atoms. The number of hydrogen-bond acceptors (Lipinski definition) is 4. The lowest BCUT2D eigenvalue weighted by molar-refractivity contribution is 0.0303. The Hall–Kier alpha value is -2.57. The van der Waals surface area contributed by atoms with Crippen molar-refractivity contribution in [2.75, 3.05) is 31.6 Å². The lowest BCUT2D eigenvalue weighted by Gasteiger charge is -2.27. The van der Waals surface area contributed by atoms with Crippen LogP contribution in [0.4, 0.5) is 11.5 Å². The molecule has 7 heteroatoms. The van der Waals surface area contributed by atoms with Crippen LogP contribution in [0.3, 0.4) is 0 Å². The molecule has 3 heterocycles. The predicted octanol–water partition coefficient (Wildman–Crippen LogP) is 3.75. The molecule has 1 saturated heterocycles. The monoisotopic (exact) mass is 384 g/mol. The number of nitrogens with one attached hydrogen (secondary N) is 1. The number of aromatic nitrogens is 2. The van der Waals surface area contributed by atoms with Crippen molar-refractivity contribution in [3.63, 3.8) is 0 Å². The van der Waals surface area contributed by atoms with Gasteiger partial charge in [-0.1, -0.05) is 23.7 Å². The molecule has 2 aromatic heterocycles. The van der Waals surface area contributed by atoms with Crippen LogP contribution in [0.5, 0.6) is 0 Å². The normalized spacial score (nSPS) is 14.6. The molecule has 1 N–H and O–H groups in total. The highest BCUT2D eigenvalue weighted by Gasteiger charge is 2.23. The smallest absolute Gasteiger partial charge is 0.257 e. The van der Waals surface area contributed by atoms with Crippen molar-refractivity contribution in [1.29, 1.82) is 0 Å². The van der Waals surface area contributed by atoms with Crippen molar-refractivity contribution in [3.8, 4) is 0 Å². The molecule has 1 aliphatic heterocycles. The predicted molar refractivity (Wildman–Crippen MR) is 107 cm³/mol. The fourth-order valence-electron chi connectivity index (χ4n) is 3.38. The number of halogens is 1. The zero-order valence-electron chi connectivity index (χ0n) is 15.3. The van der Waals surface area contributed by atoms with Crippen LogP contribution in [-0.2, 0) is 11.8 Å². The van der Waals surface area contributed by atoms with Gasteiger partial charge >= 0.3 is 0 Å². The maximum absolute atomic E-state index is 13.0. The Morgan fingerprint density at radius 2 is 2.04 bits per heavy atom. The third kappa shape index (κ3) is 3.26. The summed E-state index contributed by atoms with van der Waals surface area (Å²) >= 11 is 6.41. The van der Waals surface area contributed by atoms with E-state index in [1.165, 1.54) is 0 Å². The van der Waals surface area contributed by atoms with Crippen LogP contribution < -0.4 is 5.32 Å². The summed E-state index contributed by atoms with van der Waals surface area (Å²) in [5.41, 5.74) is 3.24. The van der Waals surface area contributed by atoms with Gasteiger partial charge < -0.3 is 19.5 Å². The first-order valence-corrected chi connectivity index (χ1v) is 9.27. The third-order valence-electron chi connectivity index (χ3n) is 4.88. The third-order valence-corrected chi connectivity index (χ3v) is 5.38. The molecule has 0 aliphatic carbocycles. The molecule has 0 unspecified atom stereocenters. The van der Waals surface area contributed by atoms with Crippen molar-refractivity contribution in [3.05, 3.63) is 52.8 Å². The van der Waals surface area contributed by atoms with Gasteiger partial charge in [0.25, 0.3) is 5.91 Å². The van der Waals surface area contributed by atoms with Crippen molar-refractivity contribution in [2.45, 2.75) is 6.92 Å². The molecule has 0 saturated carbocycles. The van der Waals surface area contributed by atoms with E-state index in [4.69, 9.17) is 16.3 Å². The highest BCUT2D eigenvalue weighted by atomic mass is 35.5. The standard InChI is InChI=1S/C20H21ClN4O2/c1-13-4-3-5-16(17(13)21)23-19-14-6-7-24(2)18(14)15(12-22-19)20(26)25-8-10-27-11-9-25/h3-7,12H,8-11H2,1-2H3,(H,22,23). The summed E-state index contributed by atoms with van der Waals surface area (Å²) < 4.78 is 7.30. The van der Waals surface area contributed by atoms with Gasteiger partial charge in [-0.2, -0.15) is 0 Å². The second-order valence-electron chi connectivity index (χ2n) is 6.68. The number of fused-ring (bicyclic) bond motifs is 1. The Morgan fingerprint density at radius 1 is 1.26 bits per heavy atom. The van der Waals surface area contributed by atoms with Gasteiger partial charge in [-0.3, -0.25) is 4.79 Å². The zero-order valence-corrected chi connectivity index (χ0v) is 16.1. The number of ether oxygens (including phenoxy) is 1. The number of pyridine rings is 1. The van der Waals surface area contributed by atoms with E-state index in [0.29, 0.717) is 42.7 Å². The fourth-order valence-corrected chi connectivity index (χ4v) is 3.55. The van der Waals surface area contributed by atoms with Gasteiger partial charge in [0.05, 0.1) is 35.0 Å². The number of carbonyl (C=O) groups is 1. The van der Waals surface area contributed by atoms with Crippen LogP contribution in [0, 0.1) is 6.92 Å². The maximum atomic E-state index is 13.0. The first-order valence-electron chi connectivity index (χ1n) is 8.89. The van der Waals surface area contributed by atoms with Gasteiger partial charge in [-0.25, -0.2) is 4.98 Å². The number of nitrogens with zero attached hydrogens (tertiary/aromatic N) is 3. The zero-order chi connectivity index (χ0) is 19.0. The van der Waals surface area contributed by atoms with E-state index in [9.17, 15) is 4.79 Å². The molecule has 0 spiro atoms. The van der Waals surface area contributed by atoms with Crippen molar-refractivity contribution in [2.24, 2.45) is 7.05 Å². The minimum absolute atomic E-state index is 0.0160. The summed E-state index contributed by atoms with van der Waals surface area (Å²) in [6, 6.07) is 7.79. The van der Waals surface area contributed by atoms with E-state index < -0.39 is 0 Å². The lowest BCUT2D eigenvalue weighted by atomic mass is 10.1. The minimum atomic E-state index is -0.0160. The Kier molecular flexibility index (Phi) is 4.76. The van der Waals surface area contributed by atoms with Crippen LogP contribution in [0.2, 0.25) is 5.02 Å². The Morgan fingerprint density at radius 3 is 2.81 bits per heavy atom. The number of benzene rings is 1. The molecule has 3 aromatic rings. The number of aryl methyl sites for hydroxylation is 2. The topological polar surface area (TPSA) is 59.4 Å². The molecule has 6 nitrogen and oxygen atoms in total. The first-order chi connectivity index (χ1) is 13.1. The maximum Gasteiger partial charge on any atom is 0.257 e. The van der Waals surface area contributed by atoms with Crippen LogP contribution in [-0.4, -0.2) is 46.7 Å². The van der Waals surface area contributed by atoms with E-state index in [1.807, 2.05) is 53.9 Å². The molecule has 140 valence electrons. The summed E-state index contributed by atoms with van der Waals surface area (Å²) in [5, 5.41) is 4.86. The SMILES string of the molecule is Cc1cccc(Nc2ncc(C(=O)N3CCOCC3)c3c2ccn3C)c1Cl. The quantitative estimate of drug-likeness (QED) is 0.747. The van der Waals surface area contributed by atoms with Crippen LogP contribution in [0.1, 0.15) is 15.9 Å². The van der Waals surface area contributed by atoms with E-state index in [0.717, 1.165) is 22.2 Å². The average Bonchev–Trinajstić information content (AvgIpc) is 3.08. The second-order valence-corrected chi connectivity index (χ2v) is 7.05. The molecule has 0 atom stereocenters. The number of rotatable bonds is 3. The summed E-state index contributed by atoms with van der Waals surface area (Å²) in [5.74, 6) is 0.661. The summed E-state index contributed by atoms with van der Waals surface area (Å²) in [7, 11) is 1.93. The Labute approximate surface area is 162 Å². The van der Waals surface area contributed by atoms with Gasteiger partial charge in [0.15, 0.2) is 0 Å². The number of amides is 1. The Bertz CT molecular complexity index is 1010. The van der Waals surface area contributed by atoms with Crippen LogP contribution in [0.25, 0.3) is 10.9 Å². The fraction of sp³-hybridized carbons (Fsp3) is 0.300. The van der Waals surface area contributed by atoms with Crippen molar-refractivity contribution in [1.82, 2.24) is 14.5 Å². The first kappa shape index (κ1) is 17.8. The highest BCUT2D eigenvalue weighted by Crippen LogP contribution is 2.32. The summed E-state index contributed by atoms with van der Waals surface area (Å²) in [4.78, 5) is 19.4. The van der Waals surface area contributed by atoms with Gasteiger partial charge in [0, 0.05) is 37.9 Å². The minimum Gasteiger partial charge on any atom is -0.378 e. The summed E-state index contributed by atoms with van der Waals surface area (Å²) in [6.07, 6.45) is 3.58. The summed E-state index contributed by atoms with van der Waals surface area (Å²) in [6.45, 7) is 4.30. The molecule has 1 fully saturated rings. The van der Waals surface area contributed by atoms with Crippen LogP contribution >= 0.6 is 11.6 Å². The molecular formula is C20H21ClN4O2. The van der Waals surface area contributed by atoms with Crippen molar-refractivity contribution < 1.29 is 9.53 Å². The average molecular weight is 385 g/mol. The second kappa shape index (κ2) is 7.21. The van der Waals surface area contributed by atoms with Crippen molar-refractivity contribution >= 4 is 39.9 Å². The van der Waals surface area contributed by atoms with E-state index in [-0.39, 0.29) is 5.91 Å². The molecular weight excluding hydrogens is 364 g/mol. The molecule has 1 aromatic carbocycles. The molecule has 1 amide bonds. The number of anilines is 2. The van der Waals surface area contributed by atoms with Gasteiger partial charge in [0.2, 0.25) is 0 Å². The number of morpholine rings is 1. The van der Waals surface area contributed by atoms with Gasteiger partial charge in [-0.05, 0) is 24.6 Å². The van der Waals surface area contributed by atoms with Crippen LogP contribution in [0.15, 0.2) is 36.7 Å². The molecule has 0 bridgehead atoms. The molecule has 4 rings (SSSR count). The number of carbonyl (C=O) groups excluding carboxylic acids is 1. The number of hydrogen-bond donors (Lipinski definition) is 1. The molecule has 0 radical (unpaired) electrons.